The third-order valence-corrected chi connectivity index (χ3v) is 7.33. The third-order valence-electron chi connectivity index (χ3n) is 7.33. The lowest BCUT2D eigenvalue weighted by Gasteiger charge is -2.32. The minimum Gasteiger partial charge on any atom is -0.477 e. The van der Waals surface area contributed by atoms with Gasteiger partial charge in [0.15, 0.2) is 0 Å². The summed E-state index contributed by atoms with van der Waals surface area (Å²) < 4.78 is 5.82. The van der Waals surface area contributed by atoms with E-state index in [1.165, 1.54) is 12.8 Å². The molecule has 0 unspecified atom stereocenters. The molecule has 1 aliphatic heterocycles. The van der Waals surface area contributed by atoms with E-state index in [9.17, 15) is 9.90 Å². The average Bonchev–Trinajstić information content (AvgIpc) is 3.66. The van der Waals surface area contributed by atoms with E-state index in [0.29, 0.717) is 11.8 Å². The van der Waals surface area contributed by atoms with Gasteiger partial charge in [0.05, 0.1) is 0 Å². The molecular formula is C29H28N4O3. The smallest absolute Gasteiger partial charge is 0.354 e. The molecule has 4 aromatic rings. The van der Waals surface area contributed by atoms with Gasteiger partial charge in [0.1, 0.15) is 17.1 Å². The fourth-order valence-corrected chi connectivity index (χ4v) is 5.06. The first-order chi connectivity index (χ1) is 17.6. The van der Waals surface area contributed by atoms with Gasteiger partial charge in [0, 0.05) is 59.3 Å². The van der Waals surface area contributed by atoms with Crippen molar-refractivity contribution in [2.75, 3.05) is 18.0 Å². The molecule has 0 amide bonds. The Kier molecular flexibility index (Phi) is 5.76. The summed E-state index contributed by atoms with van der Waals surface area (Å²) in [6.07, 6.45) is 12.5. The Bertz CT molecular complexity index is 1460. The molecular weight excluding hydrogens is 452 g/mol. The van der Waals surface area contributed by atoms with Gasteiger partial charge >= 0.3 is 5.97 Å². The number of piperidine rings is 1. The number of allylic oxidation sites excluding steroid dienone is 1. The Morgan fingerprint density at radius 3 is 2.67 bits per heavy atom. The summed E-state index contributed by atoms with van der Waals surface area (Å²) in [5, 5.41) is 15.5. The van der Waals surface area contributed by atoms with Crippen LogP contribution in [0, 0.1) is 12.8 Å². The standard InChI is InChI=1S/C29H28N4O3/c1-18-24(3-2-12-30-18)27-25(28(36-32-27)20-5-6-20)9-4-19-10-13-33(14-11-19)23-8-7-21-16-26(29(34)35)31-17-22(21)15-23/h2-4,7-9,12,15-17,19-20H,5-6,10-11,13-14H2,1H3,(H,34,35)/b9-4+. The maximum Gasteiger partial charge on any atom is 0.354 e. The van der Waals surface area contributed by atoms with Crippen LogP contribution in [0.1, 0.15) is 59.1 Å². The molecule has 1 aromatic carbocycles. The highest BCUT2D eigenvalue weighted by molar-refractivity contribution is 5.93. The fraction of sp³-hybridized carbons (Fsp3) is 0.310. The number of anilines is 1. The van der Waals surface area contributed by atoms with Crippen molar-refractivity contribution in [3.8, 4) is 11.3 Å². The molecule has 4 heterocycles. The van der Waals surface area contributed by atoms with E-state index in [-0.39, 0.29) is 5.69 Å². The van der Waals surface area contributed by atoms with Gasteiger partial charge in [-0.2, -0.15) is 0 Å². The van der Waals surface area contributed by atoms with Crippen molar-refractivity contribution in [3.05, 3.63) is 77.6 Å². The molecule has 1 saturated carbocycles. The predicted molar refractivity (Wildman–Crippen MR) is 139 cm³/mol. The van der Waals surface area contributed by atoms with E-state index in [1.807, 2.05) is 25.3 Å². The van der Waals surface area contributed by atoms with E-state index in [4.69, 9.17) is 4.52 Å². The molecule has 2 fully saturated rings. The van der Waals surface area contributed by atoms with Crippen LogP contribution in [-0.4, -0.2) is 39.3 Å². The SMILES string of the molecule is Cc1ncccc1-c1noc(C2CC2)c1/C=C/C1CCN(c2ccc3cc(C(=O)O)ncc3c2)CC1. The Balaban J connectivity index is 1.17. The first kappa shape index (κ1) is 22.5. The molecule has 0 spiro atoms. The van der Waals surface area contributed by atoms with Gasteiger partial charge in [0.25, 0.3) is 0 Å². The van der Waals surface area contributed by atoms with Crippen molar-refractivity contribution < 1.29 is 14.4 Å². The van der Waals surface area contributed by atoms with E-state index in [1.54, 1.807) is 12.3 Å². The molecule has 1 saturated heterocycles. The number of carbonyl (C=O) groups is 1. The van der Waals surface area contributed by atoms with Crippen LogP contribution in [0.25, 0.3) is 28.1 Å². The van der Waals surface area contributed by atoms with Crippen LogP contribution in [-0.2, 0) is 0 Å². The van der Waals surface area contributed by atoms with Gasteiger partial charge in [-0.3, -0.25) is 4.98 Å². The molecule has 3 aromatic heterocycles. The monoisotopic (exact) mass is 480 g/mol. The number of fused-ring (bicyclic) bond motifs is 1. The van der Waals surface area contributed by atoms with Gasteiger partial charge in [0.2, 0.25) is 0 Å². The van der Waals surface area contributed by atoms with Crippen LogP contribution < -0.4 is 4.90 Å². The Labute approximate surface area is 209 Å². The van der Waals surface area contributed by atoms with E-state index >= 15 is 0 Å². The Morgan fingerprint density at radius 2 is 1.92 bits per heavy atom. The lowest BCUT2D eigenvalue weighted by atomic mass is 9.94. The number of carboxylic acid groups (broad SMARTS) is 1. The number of aromatic carboxylic acids is 1. The largest absolute Gasteiger partial charge is 0.477 e. The summed E-state index contributed by atoms with van der Waals surface area (Å²) >= 11 is 0. The van der Waals surface area contributed by atoms with Crippen LogP contribution in [0.3, 0.4) is 0 Å². The maximum absolute atomic E-state index is 11.2. The van der Waals surface area contributed by atoms with Gasteiger partial charge in [-0.25, -0.2) is 9.78 Å². The molecule has 1 N–H and O–H groups in total. The van der Waals surface area contributed by atoms with Gasteiger partial charge in [-0.15, -0.1) is 0 Å². The maximum atomic E-state index is 11.2. The highest BCUT2D eigenvalue weighted by Crippen LogP contribution is 2.45. The summed E-state index contributed by atoms with van der Waals surface area (Å²) in [7, 11) is 0. The highest BCUT2D eigenvalue weighted by atomic mass is 16.5. The molecule has 7 heteroatoms. The third kappa shape index (κ3) is 4.37. The number of aryl methyl sites for hydroxylation is 1. The Morgan fingerprint density at radius 1 is 1.08 bits per heavy atom. The summed E-state index contributed by atoms with van der Waals surface area (Å²) in [6.45, 7) is 3.95. The van der Waals surface area contributed by atoms with Crippen LogP contribution >= 0.6 is 0 Å². The van der Waals surface area contributed by atoms with Gasteiger partial charge in [-0.05, 0) is 74.2 Å². The molecule has 0 radical (unpaired) electrons. The van der Waals surface area contributed by atoms with Gasteiger partial charge in [-0.1, -0.05) is 23.4 Å². The molecule has 36 heavy (non-hydrogen) atoms. The van der Waals surface area contributed by atoms with Crippen LogP contribution in [0.4, 0.5) is 5.69 Å². The number of hydrogen-bond donors (Lipinski definition) is 1. The minimum absolute atomic E-state index is 0.0716. The fourth-order valence-electron chi connectivity index (χ4n) is 5.06. The number of nitrogens with zero attached hydrogens (tertiary/aromatic N) is 4. The van der Waals surface area contributed by atoms with Crippen molar-refractivity contribution in [3.63, 3.8) is 0 Å². The lowest BCUT2D eigenvalue weighted by molar-refractivity contribution is 0.0690. The van der Waals surface area contributed by atoms with Crippen LogP contribution in [0.15, 0.2) is 59.4 Å². The summed E-state index contributed by atoms with van der Waals surface area (Å²) in [5.41, 5.74) is 5.22. The molecule has 182 valence electrons. The summed E-state index contributed by atoms with van der Waals surface area (Å²) in [4.78, 5) is 22.1. The number of hydrogen-bond acceptors (Lipinski definition) is 6. The van der Waals surface area contributed by atoms with Crippen LogP contribution in [0.2, 0.25) is 0 Å². The highest BCUT2D eigenvalue weighted by Gasteiger charge is 2.32. The number of carboxylic acids is 1. The quantitative estimate of drug-likeness (QED) is 0.356. The Hall–Kier alpha value is -4.00. The molecule has 0 bridgehead atoms. The van der Waals surface area contributed by atoms with Crippen molar-refractivity contribution in [1.82, 2.24) is 15.1 Å². The van der Waals surface area contributed by atoms with E-state index in [0.717, 1.165) is 70.7 Å². The zero-order valence-electron chi connectivity index (χ0n) is 20.2. The zero-order valence-corrected chi connectivity index (χ0v) is 20.2. The van der Waals surface area contributed by atoms with Crippen molar-refractivity contribution in [2.45, 2.75) is 38.5 Å². The number of aromatic nitrogens is 3. The first-order valence-electron chi connectivity index (χ1n) is 12.5. The normalized spacial score (nSPS) is 16.8. The second-order valence-corrected chi connectivity index (χ2v) is 9.81. The van der Waals surface area contributed by atoms with Crippen LogP contribution in [0.5, 0.6) is 0 Å². The lowest BCUT2D eigenvalue weighted by Crippen LogP contribution is -2.33. The minimum atomic E-state index is -1.01. The molecule has 6 rings (SSSR count). The molecule has 2 aliphatic rings. The summed E-state index contributed by atoms with van der Waals surface area (Å²) in [5.74, 6) is 0.983. The zero-order chi connectivity index (χ0) is 24.6. The predicted octanol–water partition coefficient (Wildman–Crippen LogP) is 6.10. The van der Waals surface area contributed by atoms with Crippen molar-refractivity contribution in [1.29, 1.82) is 0 Å². The second-order valence-electron chi connectivity index (χ2n) is 9.81. The van der Waals surface area contributed by atoms with E-state index < -0.39 is 5.97 Å². The number of benzene rings is 1. The van der Waals surface area contributed by atoms with Crippen molar-refractivity contribution in [2.24, 2.45) is 5.92 Å². The first-order valence-corrected chi connectivity index (χ1v) is 12.5. The van der Waals surface area contributed by atoms with Gasteiger partial charge < -0.3 is 14.5 Å². The second kappa shape index (κ2) is 9.22. The average molecular weight is 481 g/mol. The molecule has 1 aliphatic carbocycles. The molecule has 0 atom stereocenters. The summed E-state index contributed by atoms with van der Waals surface area (Å²) in [6, 6.07) is 11.8. The molecule has 7 nitrogen and oxygen atoms in total. The van der Waals surface area contributed by atoms with Crippen molar-refractivity contribution >= 4 is 28.5 Å². The number of rotatable bonds is 6. The number of pyridine rings is 2. The van der Waals surface area contributed by atoms with E-state index in [2.05, 4.69) is 50.4 Å². The topological polar surface area (TPSA) is 92.4 Å².